The van der Waals surface area contributed by atoms with Crippen molar-refractivity contribution in [1.82, 2.24) is 4.65 Å². The molecule has 0 aliphatic carbocycles. The molecule has 0 aromatic heterocycles. The van der Waals surface area contributed by atoms with Gasteiger partial charge in [-0.15, -0.1) is 0 Å². The average molecular weight is 288 g/mol. The van der Waals surface area contributed by atoms with Gasteiger partial charge < -0.3 is 4.65 Å². The summed E-state index contributed by atoms with van der Waals surface area (Å²) in [4.78, 5) is 0. The van der Waals surface area contributed by atoms with E-state index in [9.17, 15) is 0 Å². The van der Waals surface area contributed by atoms with Crippen molar-refractivity contribution in [3.8, 4) is 0 Å². The summed E-state index contributed by atoms with van der Waals surface area (Å²) in [6, 6.07) is 4.56. The fourth-order valence-electron chi connectivity index (χ4n) is 2.90. The summed E-state index contributed by atoms with van der Waals surface area (Å²) in [5.41, 5.74) is 0. The molecule has 18 heavy (non-hydrogen) atoms. The molecule has 0 atom stereocenters. The largest absolute Gasteiger partial charge is 0.359 e. The lowest BCUT2D eigenvalue weighted by molar-refractivity contribution is 0.780. The first kappa shape index (κ1) is 18.4. The van der Waals surface area contributed by atoms with Crippen molar-refractivity contribution in [3.63, 3.8) is 0 Å². The Morgan fingerprint density at radius 2 is 1.00 bits per heavy atom. The van der Waals surface area contributed by atoms with Crippen LogP contribution in [-0.4, -0.2) is 16.5 Å². The fraction of sp³-hybridized carbons (Fsp3) is 1.00. The highest BCUT2D eigenvalue weighted by Crippen LogP contribution is 2.27. The molecule has 0 saturated carbocycles. The maximum Gasteiger partial charge on any atom is 0.119 e. The summed E-state index contributed by atoms with van der Waals surface area (Å²) in [5.74, 6) is 0. The van der Waals surface area contributed by atoms with E-state index < -0.39 is 16.5 Å². The molecule has 0 amide bonds. The Morgan fingerprint density at radius 3 is 1.22 bits per heavy atom. The van der Waals surface area contributed by atoms with Crippen LogP contribution in [0.3, 0.4) is 0 Å². The number of rotatable bonds is 11. The molecule has 0 unspecified atom stereocenters. The number of hydrogen-bond acceptors (Lipinski definition) is 1. The summed E-state index contributed by atoms with van der Waals surface area (Å²) in [6.07, 6.45) is 8.41. The SMILES string of the molecule is CCCC[Si](CCCC)(CCCC)N[Si](C)(C)C. The van der Waals surface area contributed by atoms with Crippen LogP contribution in [-0.2, 0) is 0 Å². The van der Waals surface area contributed by atoms with Gasteiger partial charge in [0, 0.05) is 0 Å². The van der Waals surface area contributed by atoms with Crippen LogP contribution in [0.25, 0.3) is 0 Å². The minimum absolute atomic E-state index is 1.13. The van der Waals surface area contributed by atoms with Crippen LogP contribution in [0.1, 0.15) is 59.3 Å². The average Bonchev–Trinajstić information content (AvgIpc) is 2.29. The molecule has 0 spiro atoms. The van der Waals surface area contributed by atoms with Gasteiger partial charge in [-0.2, -0.15) is 0 Å². The zero-order valence-corrected chi connectivity index (χ0v) is 15.9. The van der Waals surface area contributed by atoms with E-state index in [2.05, 4.69) is 45.1 Å². The van der Waals surface area contributed by atoms with Gasteiger partial charge in [0.1, 0.15) is 16.5 Å². The van der Waals surface area contributed by atoms with Crippen LogP contribution in [0.4, 0.5) is 0 Å². The van der Waals surface area contributed by atoms with Crippen molar-refractivity contribution < 1.29 is 0 Å². The Morgan fingerprint density at radius 1 is 0.667 bits per heavy atom. The first-order chi connectivity index (χ1) is 8.39. The first-order valence-corrected chi connectivity index (χ1v) is 14.3. The van der Waals surface area contributed by atoms with Gasteiger partial charge in [-0.1, -0.05) is 78.9 Å². The summed E-state index contributed by atoms with van der Waals surface area (Å²) in [7, 11) is -2.31. The predicted octanol–water partition coefficient (Wildman–Crippen LogP) is 5.76. The van der Waals surface area contributed by atoms with Crippen LogP contribution in [0, 0.1) is 0 Å². The third-order valence-corrected chi connectivity index (χ3v) is 12.7. The van der Waals surface area contributed by atoms with Gasteiger partial charge in [-0.05, 0) is 18.1 Å². The molecule has 0 saturated heterocycles. The Labute approximate surface area is 118 Å². The second-order valence-electron chi connectivity index (χ2n) is 6.97. The van der Waals surface area contributed by atoms with Gasteiger partial charge in [0.15, 0.2) is 0 Å². The smallest absolute Gasteiger partial charge is 0.119 e. The van der Waals surface area contributed by atoms with Crippen LogP contribution >= 0.6 is 0 Å². The van der Waals surface area contributed by atoms with E-state index >= 15 is 0 Å². The Kier molecular flexibility index (Phi) is 9.53. The van der Waals surface area contributed by atoms with Crippen molar-refractivity contribution in [2.45, 2.75) is 97.1 Å². The van der Waals surface area contributed by atoms with Gasteiger partial charge in [0.05, 0.1) is 0 Å². The molecular weight excluding hydrogens is 250 g/mol. The van der Waals surface area contributed by atoms with E-state index in [4.69, 9.17) is 0 Å². The van der Waals surface area contributed by atoms with Crippen LogP contribution < -0.4 is 4.65 Å². The number of nitrogens with one attached hydrogen (secondary N) is 1. The summed E-state index contributed by atoms with van der Waals surface area (Å²) in [6.45, 7) is 14.5. The summed E-state index contributed by atoms with van der Waals surface area (Å²) in [5, 5.41) is 0. The highest BCUT2D eigenvalue weighted by molar-refractivity contribution is 6.91. The van der Waals surface area contributed by atoms with E-state index in [-0.39, 0.29) is 0 Å². The van der Waals surface area contributed by atoms with Crippen molar-refractivity contribution in [2.75, 3.05) is 0 Å². The molecule has 0 aromatic carbocycles. The van der Waals surface area contributed by atoms with E-state index in [0.29, 0.717) is 0 Å². The normalized spacial score (nSPS) is 13.0. The second-order valence-corrected chi connectivity index (χ2v) is 16.5. The molecule has 0 rings (SSSR count). The molecule has 3 heteroatoms. The van der Waals surface area contributed by atoms with Gasteiger partial charge in [-0.3, -0.25) is 0 Å². The van der Waals surface area contributed by atoms with Crippen molar-refractivity contribution in [2.24, 2.45) is 0 Å². The second kappa shape index (κ2) is 9.32. The van der Waals surface area contributed by atoms with E-state index in [1.165, 1.54) is 56.7 Å². The summed E-state index contributed by atoms with van der Waals surface area (Å²) < 4.78 is 4.25. The zero-order valence-electron chi connectivity index (χ0n) is 13.9. The minimum Gasteiger partial charge on any atom is -0.359 e. The molecule has 0 fully saturated rings. The highest BCUT2D eigenvalue weighted by atomic mass is 28.4. The molecule has 0 bridgehead atoms. The maximum absolute atomic E-state index is 4.25. The molecule has 1 N–H and O–H groups in total. The Balaban J connectivity index is 4.73. The quantitative estimate of drug-likeness (QED) is 0.477. The lowest BCUT2D eigenvalue weighted by Gasteiger charge is -2.39. The molecule has 1 nitrogen and oxygen atoms in total. The third-order valence-electron chi connectivity index (χ3n) is 3.67. The molecule has 0 radical (unpaired) electrons. The lowest BCUT2D eigenvalue weighted by Crippen LogP contribution is -2.60. The maximum atomic E-state index is 4.25. The Hall–Kier alpha value is 0.394. The topological polar surface area (TPSA) is 12.0 Å². The molecular formula is C15H37NSi2. The zero-order chi connectivity index (χ0) is 14.1. The van der Waals surface area contributed by atoms with Gasteiger partial charge >= 0.3 is 0 Å². The minimum atomic E-state index is -1.18. The van der Waals surface area contributed by atoms with E-state index in [1.807, 2.05) is 0 Å². The number of unbranched alkanes of at least 4 members (excludes halogenated alkanes) is 3. The van der Waals surface area contributed by atoms with Gasteiger partial charge in [0.2, 0.25) is 0 Å². The van der Waals surface area contributed by atoms with Crippen LogP contribution in [0.5, 0.6) is 0 Å². The van der Waals surface area contributed by atoms with Crippen molar-refractivity contribution in [1.29, 1.82) is 0 Å². The molecule has 110 valence electrons. The van der Waals surface area contributed by atoms with Gasteiger partial charge in [0.25, 0.3) is 0 Å². The molecule has 0 aliphatic heterocycles. The van der Waals surface area contributed by atoms with Crippen molar-refractivity contribution >= 4 is 16.5 Å². The Bertz CT molecular complexity index is 177. The van der Waals surface area contributed by atoms with E-state index in [1.54, 1.807) is 0 Å². The van der Waals surface area contributed by atoms with Gasteiger partial charge in [-0.25, -0.2) is 0 Å². The molecule has 0 aliphatic rings. The molecule has 0 aromatic rings. The highest BCUT2D eigenvalue weighted by Gasteiger charge is 2.35. The fourth-order valence-corrected chi connectivity index (χ4v) is 14.6. The third kappa shape index (κ3) is 8.49. The van der Waals surface area contributed by atoms with Crippen molar-refractivity contribution in [3.05, 3.63) is 0 Å². The predicted molar refractivity (Wildman–Crippen MR) is 91.4 cm³/mol. The van der Waals surface area contributed by atoms with E-state index in [0.717, 1.165) is 0 Å². The standard InChI is InChI=1S/C15H37NSi2/c1-7-10-13-18(14-11-8-2,15-12-9-3)16-17(4,5)6/h16H,7-15H2,1-6H3. The number of hydrogen-bond donors (Lipinski definition) is 1. The lowest BCUT2D eigenvalue weighted by atomic mass is 10.4. The monoisotopic (exact) mass is 287 g/mol. The first-order valence-electron chi connectivity index (χ1n) is 8.18. The molecule has 0 heterocycles. The van der Waals surface area contributed by atoms with Crippen LogP contribution in [0.15, 0.2) is 0 Å². The van der Waals surface area contributed by atoms with Crippen LogP contribution in [0.2, 0.25) is 37.8 Å². The summed E-state index contributed by atoms with van der Waals surface area (Å²) >= 11 is 0.